The second-order valence-electron chi connectivity index (χ2n) is 9.26. The predicted octanol–water partition coefficient (Wildman–Crippen LogP) is 7.91. The Morgan fingerprint density at radius 1 is 0.826 bits per heavy atom. The molecular weight excluding hydrogens is 668 g/mol. The number of nitro benzene ring substituents is 1. The van der Waals surface area contributed by atoms with Crippen molar-refractivity contribution in [1.82, 2.24) is 4.98 Å². The largest absolute Gasteiger partial charge is 0.465 e. The lowest BCUT2D eigenvalue weighted by atomic mass is 10.1. The lowest BCUT2D eigenvalue weighted by Crippen LogP contribution is -2.47. The maximum Gasteiger partial charge on any atom is 0.434 e. The van der Waals surface area contributed by atoms with Gasteiger partial charge < -0.3 is 29.4 Å². The average molecular weight is 678 g/mol. The van der Waals surface area contributed by atoms with E-state index in [9.17, 15) is 62.8 Å². The number of nitro groups is 1. The number of halogens is 12. The number of fused-ring (bicyclic) bond motifs is 4. The Labute approximate surface area is 244 Å². The SMILES string of the molecule is N=c1ccc2nc3c(OC(C(F)(F)F)C(F)(F)F)c4c(c(OC(C(F)(F)F)C(F)(F)F)c3oc-2c1)Nc1ccc([N+](=O)[O-])cc1O4. The summed E-state index contributed by atoms with van der Waals surface area (Å²) >= 11 is 0. The molecule has 2 aromatic rings. The van der Waals surface area contributed by atoms with Crippen molar-refractivity contribution in [2.45, 2.75) is 36.9 Å². The second kappa shape index (κ2) is 10.4. The highest BCUT2D eigenvalue weighted by Crippen LogP contribution is 2.58. The van der Waals surface area contributed by atoms with E-state index in [4.69, 9.17) is 14.6 Å². The summed E-state index contributed by atoms with van der Waals surface area (Å²) in [7, 11) is 0. The number of nitrogens with zero attached hydrogens (tertiary/aromatic N) is 2. The molecule has 5 rings (SSSR count). The van der Waals surface area contributed by atoms with Crippen LogP contribution >= 0.6 is 0 Å². The monoisotopic (exact) mass is 678 g/mol. The van der Waals surface area contributed by atoms with E-state index in [1.807, 2.05) is 0 Å². The minimum atomic E-state index is -6.23. The molecule has 0 radical (unpaired) electrons. The predicted molar refractivity (Wildman–Crippen MR) is 126 cm³/mol. The fourth-order valence-corrected chi connectivity index (χ4v) is 4.13. The van der Waals surface area contributed by atoms with Gasteiger partial charge in [-0.25, -0.2) is 4.98 Å². The van der Waals surface area contributed by atoms with Gasteiger partial charge in [0.05, 0.1) is 22.0 Å². The molecule has 0 unspecified atom stereocenters. The van der Waals surface area contributed by atoms with Crippen LogP contribution in [0.3, 0.4) is 0 Å². The Morgan fingerprint density at radius 2 is 1.39 bits per heavy atom. The fraction of sp³-hybridized carbons (Fsp3) is 0.250. The molecule has 2 heterocycles. The number of hydrogen-bond donors (Lipinski definition) is 2. The molecule has 0 spiro atoms. The summed E-state index contributed by atoms with van der Waals surface area (Å²) in [6.07, 6.45) is -34.2. The summed E-state index contributed by atoms with van der Waals surface area (Å²) < 4.78 is 183. The smallest absolute Gasteiger partial charge is 0.434 e. The first kappa shape index (κ1) is 32.2. The Morgan fingerprint density at radius 3 is 1.93 bits per heavy atom. The van der Waals surface area contributed by atoms with Crippen molar-refractivity contribution in [3.63, 3.8) is 0 Å². The van der Waals surface area contributed by atoms with Gasteiger partial charge in [0.2, 0.25) is 5.58 Å². The zero-order valence-electron chi connectivity index (χ0n) is 21.5. The third-order valence-electron chi connectivity index (χ3n) is 6.01. The summed E-state index contributed by atoms with van der Waals surface area (Å²) in [6.45, 7) is 0. The van der Waals surface area contributed by atoms with Crippen molar-refractivity contribution in [2.24, 2.45) is 0 Å². The van der Waals surface area contributed by atoms with Crippen molar-refractivity contribution in [3.8, 4) is 34.5 Å². The summed E-state index contributed by atoms with van der Waals surface area (Å²) in [5.74, 6) is -6.04. The first-order valence-electron chi connectivity index (χ1n) is 11.9. The molecule has 0 saturated heterocycles. The molecule has 0 fully saturated rings. The van der Waals surface area contributed by atoms with Crippen LogP contribution in [0.25, 0.3) is 22.6 Å². The van der Waals surface area contributed by atoms with Gasteiger partial charge in [0.1, 0.15) is 11.4 Å². The number of benzene rings is 3. The topological polar surface area (TPSA) is 133 Å². The number of non-ortho nitro benzene ring substituents is 1. The van der Waals surface area contributed by atoms with E-state index in [0.29, 0.717) is 6.07 Å². The molecule has 2 aliphatic heterocycles. The van der Waals surface area contributed by atoms with Crippen molar-refractivity contribution in [2.75, 3.05) is 5.32 Å². The number of ether oxygens (including phenoxy) is 3. The van der Waals surface area contributed by atoms with E-state index < -0.39 is 104 Å². The minimum Gasteiger partial charge on any atom is -0.465 e. The maximum atomic E-state index is 13.6. The van der Waals surface area contributed by atoms with Gasteiger partial charge in [-0.2, -0.15) is 52.7 Å². The molecule has 3 aliphatic rings. The molecule has 1 aliphatic carbocycles. The zero-order valence-corrected chi connectivity index (χ0v) is 21.5. The van der Waals surface area contributed by atoms with Crippen LogP contribution in [0.1, 0.15) is 0 Å². The number of alkyl halides is 12. The van der Waals surface area contributed by atoms with Crippen molar-refractivity contribution < 1.29 is 76.2 Å². The molecule has 0 amide bonds. The standard InChI is InChI=1S/C24H10F12N4O6/c25-21(26,27)19(22(28,29)30)45-17-14-16(44-12-6-8(40(41)42)2-4-10(12)39-14)18(46-20(23(31,32)33)24(34,35)36)13-15(17)43-11-5-7(37)1-3-9(11)38-13/h1-6,19-20,37,39H. The molecule has 0 atom stereocenters. The Kier molecular flexibility index (Phi) is 7.31. The van der Waals surface area contributed by atoms with Crippen molar-refractivity contribution >= 4 is 28.2 Å². The van der Waals surface area contributed by atoms with Gasteiger partial charge in [-0.3, -0.25) is 10.1 Å². The third kappa shape index (κ3) is 5.92. The summed E-state index contributed by atoms with van der Waals surface area (Å²) in [5, 5.41) is 20.7. The van der Waals surface area contributed by atoms with Crippen LogP contribution in [0.4, 0.5) is 69.7 Å². The van der Waals surface area contributed by atoms with E-state index in [1.54, 1.807) is 0 Å². The van der Waals surface area contributed by atoms with E-state index in [2.05, 4.69) is 19.8 Å². The Hall–Kier alpha value is -5.18. The van der Waals surface area contributed by atoms with Gasteiger partial charge in [-0.15, -0.1) is 0 Å². The zero-order chi connectivity index (χ0) is 34.1. The second-order valence-corrected chi connectivity index (χ2v) is 9.26. The molecule has 10 nitrogen and oxygen atoms in total. The quantitative estimate of drug-likeness (QED) is 0.0830. The van der Waals surface area contributed by atoms with E-state index in [1.165, 1.54) is 0 Å². The van der Waals surface area contributed by atoms with Crippen LogP contribution in [-0.4, -0.2) is 46.8 Å². The first-order chi connectivity index (χ1) is 21.1. The molecule has 0 saturated carbocycles. The van der Waals surface area contributed by atoms with Gasteiger partial charge in [0.25, 0.3) is 17.9 Å². The first-order valence-corrected chi connectivity index (χ1v) is 11.9. The number of hydrogen-bond acceptors (Lipinski definition) is 9. The van der Waals surface area contributed by atoms with Gasteiger partial charge in [-0.1, -0.05) is 0 Å². The lowest BCUT2D eigenvalue weighted by Gasteiger charge is -2.31. The van der Waals surface area contributed by atoms with E-state index in [0.717, 1.165) is 30.3 Å². The molecule has 22 heteroatoms. The Bertz CT molecular complexity index is 1860. The average Bonchev–Trinajstić information content (AvgIpc) is 2.89. The number of nitrogens with one attached hydrogen (secondary N) is 2. The van der Waals surface area contributed by atoms with Gasteiger partial charge in [0, 0.05) is 12.1 Å². The van der Waals surface area contributed by atoms with Gasteiger partial charge >= 0.3 is 24.7 Å². The normalized spacial score (nSPS) is 13.8. The van der Waals surface area contributed by atoms with E-state index in [-0.39, 0.29) is 5.36 Å². The highest BCUT2D eigenvalue weighted by Gasteiger charge is 2.61. The van der Waals surface area contributed by atoms with Crippen molar-refractivity contribution in [1.29, 1.82) is 5.41 Å². The maximum absolute atomic E-state index is 13.6. The van der Waals surface area contributed by atoms with E-state index >= 15 is 0 Å². The highest BCUT2D eigenvalue weighted by molar-refractivity contribution is 6.00. The van der Waals surface area contributed by atoms with Crippen LogP contribution in [0, 0.1) is 15.5 Å². The van der Waals surface area contributed by atoms with Crippen LogP contribution in [0.15, 0.2) is 40.8 Å². The summed E-state index contributed by atoms with van der Waals surface area (Å²) in [4.78, 5) is 14.0. The van der Waals surface area contributed by atoms with Crippen molar-refractivity contribution in [3.05, 3.63) is 51.9 Å². The highest BCUT2D eigenvalue weighted by atomic mass is 19.4. The fourth-order valence-electron chi connectivity index (χ4n) is 4.13. The Balaban J connectivity index is 1.91. The lowest BCUT2D eigenvalue weighted by molar-refractivity contribution is -0.384. The van der Waals surface area contributed by atoms with Crippen LogP contribution < -0.4 is 24.9 Å². The molecule has 46 heavy (non-hydrogen) atoms. The number of aromatic nitrogens is 1. The molecule has 0 bridgehead atoms. The molecule has 246 valence electrons. The van der Waals surface area contributed by atoms with Crippen LogP contribution in [-0.2, 0) is 0 Å². The summed E-state index contributed by atoms with van der Waals surface area (Å²) in [6, 6.07) is 4.92. The van der Waals surface area contributed by atoms with Crippen LogP contribution in [0.2, 0.25) is 0 Å². The number of anilines is 2. The molecule has 2 aromatic carbocycles. The van der Waals surface area contributed by atoms with Gasteiger partial charge in [-0.05, 0) is 18.2 Å². The number of rotatable bonds is 5. The third-order valence-corrected chi connectivity index (χ3v) is 6.01. The minimum absolute atomic E-state index is 0.371. The molecule has 2 N–H and O–H groups in total. The molecular formula is C24H10F12N4O6. The van der Waals surface area contributed by atoms with Crippen LogP contribution in [0.5, 0.6) is 23.0 Å². The molecule has 0 aromatic heterocycles. The van der Waals surface area contributed by atoms with Gasteiger partial charge in [0.15, 0.2) is 34.3 Å². The summed E-state index contributed by atoms with van der Waals surface area (Å²) in [5.41, 5.74) is -5.72.